The number of aromatic nitrogens is 2. The summed E-state index contributed by atoms with van der Waals surface area (Å²) in [5, 5.41) is 3.55. The summed E-state index contributed by atoms with van der Waals surface area (Å²) in [5.41, 5.74) is 3.92. The van der Waals surface area contributed by atoms with Crippen molar-refractivity contribution in [3.05, 3.63) is 53.6 Å². The number of hydrogen-bond acceptors (Lipinski definition) is 4. The van der Waals surface area contributed by atoms with E-state index in [2.05, 4.69) is 42.1 Å². The fourth-order valence-electron chi connectivity index (χ4n) is 3.51. The topological polar surface area (TPSA) is 58.1 Å². The number of likely N-dealkylation sites (tertiary alicyclic amines) is 1. The van der Waals surface area contributed by atoms with E-state index in [0.717, 1.165) is 48.4 Å². The number of amides is 1. The molecule has 1 fully saturated rings. The lowest BCUT2D eigenvalue weighted by molar-refractivity contribution is 0.0711. The van der Waals surface area contributed by atoms with Crippen LogP contribution in [0.1, 0.15) is 61.1 Å². The van der Waals surface area contributed by atoms with Crippen LogP contribution in [0.4, 0.5) is 5.69 Å². The molecule has 0 aliphatic carbocycles. The van der Waals surface area contributed by atoms with Crippen molar-refractivity contribution in [1.82, 2.24) is 14.9 Å². The van der Waals surface area contributed by atoms with Crippen molar-refractivity contribution in [2.45, 2.75) is 52.5 Å². The maximum atomic E-state index is 13.1. The van der Waals surface area contributed by atoms with Gasteiger partial charge in [0.25, 0.3) is 5.91 Å². The highest BCUT2D eigenvalue weighted by Crippen LogP contribution is 2.28. The summed E-state index contributed by atoms with van der Waals surface area (Å²) in [6.07, 6.45) is 7.16. The fourth-order valence-corrected chi connectivity index (χ4v) is 3.51. The third-order valence-corrected chi connectivity index (χ3v) is 5.73. The molecule has 1 saturated heterocycles. The van der Waals surface area contributed by atoms with E-state index in [-0.39, 0.29) is 5.91 Å². The smallest absolute Gasteiger partial charge is 0.254 e. The van der Waals surface area contributed by atoms with Gasteiger partial charge in [0.05, 0.1) is 5.69 Å². The molecule has 1 atom stereocenters. The Balaban J connectivity index is 1.68. The Morgan fingerprint density at radius 3 is 2.56 bits per heavy atom. The van der Waals surface area contributed by atoms with Crippen molar-refractivity contribution < 1.29 is 4.79 Å². The molecule has 0 spiro atoms. The lowest BCUT2D eigenvalue weighted by atomic mass is 9.93. The summed E-state index contributed by atoms with van der Waals surface area (Å²) in [4.78, 5) is 23.7. The van der Waals surface area contributed by atoms with E-state index in [9.17, 15) is 4.79 Å². The van der Waals surface area contributed by atoms with Gasteiger partial charge in [0.15, 0.2) is 0 Å². The predicted molar refractivity (Wildman–Crippen MR) is 109 cm³/mol. The number of benzene rings is 1. The molecule has 1 aliphatic heterocycles. The van der Waals surface area contributed by atoms with Crippen LogP contribution in [-0.4, -0.2) is 39.9 Å². The SMILES string of the molecule is Cc1c(N[C@H](C)C(C)C)cccc1C(=O)N1CCC(c2cnccn2)CC1. The molecule has 1 aromatic carbocycles. The summed E-state index contributed by atoms with van der Waals surface area (Å²) in [5.74, 6) is 1.05. The maximum absolute atomic E-state index is 13.1. The van der Waals surface area contributed by atoms with E-state index in [1.165, 1.54) is 0 Å². The Bertz CT molecular complexity index is 767. The average molecular weight is 367 g/mol. The van der Waals surface area contributed by atoms with Crippen molar-refractivity contribution in [3.8, 4) is 0 Å². The van der Waals surface area contributed by atoms with E-state index >= 15 is 0 Å². The number of carbonyl (C=O) groups is 1. The second kappa shape index (κ2) is 8.51. The monoisotopic (exact) mass is 366 g/mol. The van der Waals surface area contributed by atoms with E-state index in [1.54, 1.807) is 12.4 Å². The Morgan fingerprint density at radius 2 is 1.93 bits per heavy atom. The molecule has 0 unspecified atom stereocenters. The number of nitrogens with one attached hydrogen (secondary N) is 1. The van der Waals surface area contributed by atoms with Crippen LogP contribution in [0.5, 0.6) is 0 Å². The molecule has 5 heteroatoms. The summed E-state index contributed by atoms with van der Waals surface area (Å²) in [6, 6.07) is 6.34. The zero-order chi connectivity index (χ0) is 19.4. The first kappa shape index (κ1) is 19.3. The summed E-state index contributed by atoms with van der Waals surface area (Å²) in [6.45, 7) is 10.1. The summed E-state index contributed by atoms with van der Waals surface area (Å²) >= 11 is 0. The molecule has 1 aliphatic rings. The standard InChI is InChI=1S/C22H30N4O/c1-15(2)17(4)25-20-7-5-6-19(16(20)3)22(27)26-12-8-18(9-13-26)21-14-23-10-11-24-21/h5-7,10-11,14-15,17-18,25H,8-9,12-13H2,1-4H3/t17-/m1/s1. The zero-order valence-electron chi connectivity index (χ0n) is 16.8. The molecular weight excluding hydrogens is 336 g/mol. The number of carbonyl (C=O) groups excluding carboxylic acids is 1. The zero-order valence-corrected chi connectivity index (χ0v) is 16.8. The van der Waals surface area contributed by atoms with Gasteiger partial charge in [0.1, 0.15) is 0 Å². The van der Waals surface area contributed by atoms with E-state index in [0.29, 0.717) is 17.9 Å². The van der Waals surface area contributed by atoms with Crippen LogP contribution in [0.3, 0.4) is 0 Å². The third-order valence-electron chi connectivity index (χ3n) is 5.73. The van der Waals surface area contributed by atoms with Crippen LogP contribution < -0.4 is 5.32 Å². The van der Waals surface area contributed by atoms with Gasteiger partial charge in [-0.05, 0) is 50.3 Å². The molecule has 144 valence electrons. The first-order chi connectivity index (χ1) is 13.0. The van der Waals surface area contributed by atoms with Crippen LogP contribution in [0.2, 0.25) is 0 Å². The fraction of sp³-hybridized carbons (Fsp3) is 0.500. The molecule has 0 bridgehead atoms. The third kappa shape index (κ3) is 4.46. The highest BCUT2D eigenvalue weighted by molar-refractivity contribution is 5.97. The Labute approximate surface area is 162 Å². The quantitative estimate of drug-likeness (QED) is 0.859. The van der Waals surface area contributed by atoms with Crippen LogP contribution in [0.25, 0.3) is 0 Å². The molecule has 2 aromatic rings. The van der Waals surface area contributed by atoms with E-state index < -0.39 is 0 Å². The maximum Gasteiger partial charge on any atom is 0.254 e. The van der Waals surface area contributed by atoms with Crippen LogP contribution >= 0.6 is 0 Å². The number of piperidine rings is 1. The lowest BCUT2D eigenvalue weighted by Crippen LogP contribution is -2.38. The van der Waals surface area contributed by atoms with E-state index in [1.807, 2.05) is 30.2 Å². The lowest BCUT2D eigenvalue weighted by Gasteiger charge is -2.32. The number of anilines is 1. The number of nitrogens with zero attached hydrogens (tertiary/aromatic N) is 3. The van der Waals surface area contributed by atoms with Crippen molar-refractivity contribution in [3.63, 3.8) is 0 Å². The first-order valence-electron chi connectivity index (χ1n) is 9.88. The van der Waals surface area contributed by atoms with Gasteiger partial charge in [-0.1, -0.05) is 19.9 Å². The largest absolute Gasteiger partial charge is 0.382 e. The normalized spacial score (nSPS) is 16.4. The molecule has 1 N–H and O–H groups in total. The van der Waals surface area contributed by atoms with Gasteiger partial charge < -0.3 is 10.2 Å². The molecule has 1 aromatic heterocycles. The van der Waals surface area contributed by atoms with Gasteiger partial charge in [-0.3, -0.25) is 14.8 Å². The molecule has 0 saturated carbocycles. The van der Waals surface area contributed by atoms with Gasteiger partial charge in [0, 0.05) is 54.9 Å². The highest BCUT2D eigenvalue weighted by Gasteiger charge is 2.26. The average Bonchev–Trinajstić information content (AvgIpc) is 2.69. The second-order valence-electron chi connectivity index (χ2n) is 7.85. The Hall–Kier alpha value is -2.43. The van der Waals surface area contributed by atoms with Gasteiger partial charge in [-0.25, -0.2) is 0 Å². The molecule has 5 nitrogen and oxygen atoms in total. The van der Waals surface area contributed by atoms with Gasteiger partial charge in [0.2, 0.25) is 0 Å². The van der Waals surface area contributed by atoms with Crippen molar-refractivity contribution >= 4 is 11.6 Å². The van der Waals surface area contributed by atoms with Crippen LogP contribution in [-0.2, 0) is 0 Å². The first-order valence-corrected chi connectivity index (χ1v) is 9.88. The van der Waals surface area contributed by atoms with E-state index in [4.69, 9.17) is 0 Å². The summed E-state index contributed by atoms with van der Waals surface area (Å²) in [7, 11) is 0. The molecular formula is C22H30N4O. The molecule has 27 heavy (non-hydrogen) atoms. The Kier molecular flexibility index (Phi) is 6.09. The van der Waals surface area contributed by atoms with Gasteiger partial charge in [-0.15, -0.1) is 0 Å². The Morgan fingerprint density at radius 1 is 1.19 bits per heavy atom. The van der Waals surface area contributed by atoms with Crippen molar-refractivity contribution in [2.75, 3.05) is 18.4 Å². The second-order valence-corrected chi connectivity index (χ2v) is 7.85. The van der Waals surface area contributed by atoms with Gasteiger partial charge >= 0.3 is 0 Å². The van der Waals surface area contributed by atoms with Crippen LogP contribution in [0.15, 0.2) is 36.8 Å². The minimum Gasteiger partial charge on any atom is -0.382 e. The minimum atomic E-state index is 0.131. The van der Waals surface area contributed by atoms with Crippen molar-refractivity contribution in [2.24, 2.45) is 5.92 Å². The van der Waals surface area contributed by atoms with Crippen molar-refractivity contribution in [1.29, 1.82) is 0 Å². The molecule has 0 radical (unpaired) electrons. The van der Waals surface area contributed by atoms with Gasteiger partial charge in [-0.2, -0.15) is 0 Å². The predicted octanol–water partition coefficient (Wildman–Crippen LogP) is 4.26. The highest BCUT2D eigenvalue weighted by atomic mass is 16.2. The molecule has 2 heterocycles. The van der Waals surface area contributed by atoms with Crippen LogP contribution in [0, 0.1) is 12.8 Å². The number of rotatable bonds is 5. The molecule has 3 rings (SSSR count). The summed E-state index contributed by atoms with van der Waals surface area (Å²) < 4.78 is 0. The number of hydrogen-bond donors (Lipinski definition) is 1. The molecule has 1 amide bonds. The minimum absolute atomic E-state index is 0.131.